The lowest BCUT2D eigenvalue weighted by Crippen LogP contribution is -2.49. The van der Waals surface area contributed by atoms with E-state index in [1.54, 1.807) is 0 Å². The number of aliphatic hydroxyl groups is 1. The first-order valence-corrected chi connectivity index (χ1v) is 7.88. The molecule has 2 aliphatic rings. The molecule has 0 aromatic carbocycles. The number of halogens is 3. The Morgan fingerprint density at radius 1 is 1.27 bits per heavy atom. The first-order valence-electron chi connectivity index (χ1n) is 7.88. The van der Waals surface area contributed by atoms with E-state index in [4.69, 9.17) is 0 Å². The van der Waals surface area contributed by atoms with Crippen molar-refractivity contribution in [1.29, 1.82) is 0 Å². The van der Waals surface area contributed by atoms with Crippen molar-refractivity contribution in [2.24, 2.45) is 5.41 Å². The fourth-order valence-corrected chi connectivity index (χ4v) is 3.37. The van der Waals surface area contributed by atoms with Crippen LogP contribution in [-0.4, -0.2) is 53.4 Å². The van der Waals surface area contributed by atoms with Crippen molar-refractivity contribution in [2.45, 2.75) is 70.3 Å². The molecule has 2 fully saturated rings. The smallest absolute Gasteiger partial charge is 0.392 e. The van der Waals surface area contributed by atoms with Gasteiger partial charge in [0.05, 0.1) is 11.5 Å². The highest BCUT2D eigenvalue weighted by Crippen LogP contribution is 2.40. The summed E-state index contributed by atoms with van der Waals surface area (Å²) in [5.41, 5.74) is -2.02. The van der Waals surface area contributed by atoms with Crippen molar-refractivity contribution in [3.8, 4) is 0 Å². The summed E-state index contributed by atoms with van der Waals surface area (Å²) in [5.74, 6) is -0.543. The number of nitrogens with one attached hydrogen (secondary N) is 1. The van der Waals surface area contributed by atoms with Gasteiger partial charge in [-0.15, -0.1) is 0 Å². The number of rotatable bonds is 4. The minimum Gasteiger partial charge on any atom is -0.392 e. The van der Waals surface area contributed by atoms with Crippen LogP contribution in [0, 0.1) is 5.41 Å². The fraction of sp³-hybridized carbons (Fsp3) is 0.933. The molecule has 2 N–H and O–H groups in total. The van der Waals surface area contributed by atoms with E-state index in [1.165, 1.54) is 0 Å². The van der Waals surface area contributed by atoms with E-state index in [0.29, 0.717) is 6.54 Å². The van der Waals surface area contributed by atoms with Gasteiger partial charge < -0.3 is 10.4 Å². The summed E-state index contributed by atoms with van der Waals surface area (Å²) in [7, 11) is 0. The number of nitrogens with zero attached hydrogens (tertiary/aromatic N) is 1. The molecule has 0 spiro atoms. The van der Waals surface area contributed by atoms with Gasteiger partial charge in [0, 0.05) is 31.6 Å². The molecule has 1 heterocycles. The highest BCUT2D eigenvalue weighted by molar-refractivity contribution is 5.77. The highest BCUT2D eigenvalue weighted by Gasteiger charge is 2.48. The monoisotopic (exact) mass is 322 g/mol. The summed E-state index contributed by atoms with van der Waals surface area (Å²) in [4.78, 5) is 14.2. The Bertz CT molecular complexity index is 412. The summed E-state index contributed by atoms with van der Waals surface area (Å²) >= 11 is 0. The molecule has 1 amide bonds. The number of hydrogen-bond acceptors (Lipinski definition) is 3. The maximum absolute atomic E-state index is 12.9. The first kappa shape index (κ1) is 17.5. The quantitative estimate of drug-likeness (QED) is 0.833. The van der Waals surface area contributed by atoms with Gasteiger partial charge >= 0.3 is 6.18 Å². The van der Waals surface area contributed by atoms with Gasteiger partial charge in [-0.2, -0.15) is 13.2 Å². The van der Waals surface area contributed by atoms with Crippen LogP contribution in [0.15, 0.2) is 0 Å². The van der Waals surface area contributed by atoms with Crippen LogP contribution in [0.25, 0.3) is 0 Å². The van der Waals surface area contributed by atoms with Gasteiger partial charge in [0.25, 0.3) is 0 Å². The Labute approximate surface area is 129 Å². The van der Waals surface area contributed by atoms with Crippen molar-refractivity contribution in [1.82, 2.24) is 10.2 Å². The van der Waals surface area contributed by atoms with Gasteiger partial charge in [-0.05, 0) is 25.7 Å². The second-order valence-electron chi connectivity index (χ2n) is 7.17. The number of aliphatic hydroxyl groups excluding tert-OH is 1. The maximum atomic E-state index is 12.9. The second-order valence-corrected chi connectivity index (χ2v) is 7.17. The third-order valence-electron chi connectivity index (χ3n) is 4.86. The van der Waals surface area contributed by atoms with Crippen LogP contribution in [0.5, 0.6) is 0 Å². The van der Waals surface area contributed by atoms with Gasteiger partial charge in [-0.1, -0.05) is 13.8 Å². The number of likely N-dealkylation sites (tertiary alicyclic amines) is 1. The third-order valence-corrected chi connectivity index (χ3v) is 4.86. The number of carbonyl (C=O) groups excluding carboxylic acids is 1. The van der Waals surface area contributed by atoms with Crippen LogP contribution in [0.3, 0.4) is 0 Å². The van der Waals surface area contributed by atoms with E-state index >= 15 is 0 Å². The van der Waals surface area contributed by atoms with Crippen molar-refractivity contribution in [3.05, 3.63) is 0 Å². The molecule has 22 heavy (non-hydrogen) atoms. The van der Waals surface area contributed by atoms with Crippen LogP contribution < -0.4 is 5.32 Å². The zero-order valence-corrected chi connectivity index (χ0v) is 13.1. The lowest BCUT2D eigenvalue weighted by atomic mass is 9.88. The summed E-state index contributed by atoms with van der Waals surface area (Å²) in [5, 5.41) is 12.4. The van der Waals surface area contributed by atoms with Crippen LogP contribution >= 0.6 is 0 Å². The van der Waals surface area contributed by atoms with E-state index in [9.17, 15) is 23.1 Å². The van der Waals surface area contributed by atoms with Gasteiger partial charge in [0.15, 0.2) is 0 Å². The van der Waals surface area contributed by atoms with E-state index in [0.717, 1.165) is 46.1 Å². The zero-order valence-electron chi connectivity index (χ0n) is 13.1. The summed E-state index contributed by atoms with van der Waals surface area (Å²) < 4.78 is 38.6. The minimum absolute atomic E-state index is 0.109. The van der Waals surface area contributed by atoms with Crippen LogP contribution in [0.4, 0.5) is 13.2 Å². The summed E-state index contributed by atoms with van der Waals surface area (Å²) in [6.07, 6.45) is -1.90. The Morgan fingerprint density at radius 2 is 1.95 bits per heavy atom. The van der Waals surface area contributed by atoms with Crippen LogP contribution in [-0.2, 0) is 4.79 Å². The van der Waals surface area contributed by atoms with Gasteiger partial charge in [0.1, 0.15) is 0 Å². The van der Waals surface area contributed by atoms with Crippen molar-refractivity contribution < 1.29 is 23.1 Å². The van der Waals surface area contributed by atoms with Gasteiger partial charge in [0.2, 0.25) is 5.91 Å². The van der Waals surface area contributed by atoms with Gasteiger partial charge in [-0.3, -0.25) is 9.69 Å². The fourth-order valence-electron chi connectivity index (χ4n) is 3.37. The number of β-amino-alcohol motifs (C(OH)–C–C–N with tert-alkyl or cyclic N) is 1. The van der Waals surface area contributed by atoms with Crippen LogP contribution in [0.2, 0.25) is 0 Å². The minimum atomic E-state index is -4.39. The predicted molar refractivity (Wildman–Crippen MR) is 76.2 cm³/mol. The maximum Gasteiger partial charge on any atom is 0.394 e. The Morgan fingerprint density at radius 3 is 2.50 bits per heavy atom. The average molecular weight is 322 g/mol. The third kappa shape index (κ3) is 3.93. The normalized spacial score (nSPS) is 30.7. The second kappa shape index (κ2) is 6.35. The van der Waals surface area contributed by atoms with Gasteiger partial charge in [-0.25, -0.2) is 0 Å². The lowest BCUT2D eigenvalue weighted by molar-refractivity contribution is -0.213. The van der Waals surface area contributed by atoms with E-state index in [-0.39, 0.29) is 18.2 Å². The molecule has 1 saturated heterocycles. The predicted octanol–water partition coefficient (Wildman–Crippen LogP) is 2.07. The molecule has 0 aromatic rings. The number of carbonyl (C=O) groups is 1. The molecule has 128 valence electrons. The average Bonchev–Trinajstić information content (AvgIpc) is 2.95. The molecular formula is C15H25F3N2O2. The summed E-state index contributed by atoms with van der Waals surface area (Å²) in [6.45, 7) is 3.47. The standard InChI is InChI=1S/C15H25F3N2O2/c1-14(2,15(16,17)18)8-13(22)19-11-4-3-5-12(11)20-7-6-10(21)9-20/h10-12,21H,3-9H2,1-2H3,(H,19,22)/t10?,11-,12+/m1/s1. The molecular weight excluding hydrogens is 297 g/mol. The van der Waals surface area contributed by atoms with Crippen LogP contribution in [0.1, 0.15) is 46.0 Å². The molecule has 2 rings (SSSR count). The Balaban J connectivity index is 1.90. The number of amides is 1. The molecule has 1 aliphatic heterocycles. The van der Waals surface area contributed by atoms with E-state index < -0.39 is 23.9 Å². The Hall–Kier alpha value is -0.820. The van der Waals surface area contributed by atoms with E-state index in [2.05, 4.69) is 10.2 Å². The largest absolute Gasteiger partial charge is 0.394 e. The topological polar surface area (TPSA) is 52.6 Å². The zero-order chi connectivity index (χ0) is 16.5. The van der Waals surface area contributed by atoms with Crippen molar-refractivity contribution >= 4 is 5.91 Å². The molecule has 1 unspecified atom stereocenters. The molecule has 1 aliphatic carbocycles. The molecule has 0 aromatic heterocycles. The summed E-state index contributed by atoms with van der Waals surface area (Å²) in [6, 6.07) is 0.0249. The first-order chi connectivity index (χ1) is 10.1. The number of alkyl halides is 3. The number of hydrogen-bond donors (Lipinski definition) is 2. The molecule has 0 radical (unpaired) electrons. The lowest BCUT2D eigenvalue weighted by Gasteiger charge is -2.31. The SMILES string of the molecule is CC(C)(CC(=O)N[C@@H]1CCC[C@@H]1N1CCC(O)C1)C(F)(F)F. The molecule has 0 bridgehead atoms. The molecule has 3 atom stereocenters. The highest BCUT2D eigenvalue weighted by atomic mass is 19.4. The molecule has 4 nitrogen and oxygen atoms in total. The van der Waals surface area contributed by atoms with Crippen molar-refractivity contribution in [2.75, 3.05) is 13.1 Å². The molecule has 7 heteroatoms. The van der Waals surface area contributed by atoms with E-state index in [1.807, 2.05) is 0 Å². The van der Waals surface area contributed by atoms with Crippen molar-refractivity contribution in [3.63, 3.8) is 0 Å². The molecule has 1 saturated carbocycles. The Kier molecular flexibility index (Phi) is 5.06.